The molecule has 0 spiro atoms. The van der Waals surface area contributed by atoms with Crippen molar-refractivity contribution in [2.45, 2.75) is 39.2 Å². The van der Waals surface area contributed by atoms with Crippen LogP contribution in [0.4, 0.5) is 5.00 Å². The van der Waals surface area contributed by atoms with Crippen molar-refractivity contribution >= 4 is 39.9 Å². The number of thiophene rings is 1. The lowest BCUT2D eigenvalue weighted by molar-refractivity contribution is -0.112. The fourth-order valence-electron chi connectivity index (χ4n) is 4.00. The highest BCUT2D eigenvalue weighted by atomic mass is 35.5. The van der Waals surface area contributed by atoms with Gasteiger partial charge in [-0.25, -0.2) is 0 Å². The minimum atomic E-state index is -0.548. The molecule has 182 valence electrons. The number of hydrogen-bond acceptors (Lipinski definition) is 6. The Morgan fingerprint density at radius 3 is 2.61 bits per heavy atom. The Morgan fingerprint density at radius 1 is 1.11 bits per heavy atom. The van der Waals surface area contributed by atoms with Crippen molar-refractivity contribution in [2.24, 2.45) is 0 Å². The smallest absolute Gasteiger partial charge is 0.266 e. The van der Waals surface area contributed by atoms with Crippen molar-refractivity contribution in [1.29, 1.82) is 10.5 Å². The molecule has 2 aromatic carbocycles. The van der Waals surface area contributed by atoms with Gasteiger partial charge in [0.05, 0.1) is 12.2 Å². The summed E-state index contributed by atoms with van der Waals surface area (Å²) in [7, 11) is 0. The monoisotopic (exact) mass is 517 g/mol. The second kappa shape index (κ2) is 11.8. The molecule has 1 aromatic heterocycles. The average Bonchev–Trinajstić information content (AvgIpc) is 3.24. The lowest BCUT2D eigenvalue weighted by atomic mass is 9.96. The largest absolute Gasteiger partial charge is 0.490 e. The fourth-order valence-corrected chi connectivity index (χ4v) is 5.36. The number of carbonyl (C=O) groups is 1. The molecular formula is C28H24ClN3O3S. The molecule has 3 aromatic rings. The fraction of sp³-hybridized carbons (Fsp3) is 0.250. The first-order valence-electron chi connectivity index (χ1n) is 11.6. The molecule has 1 amide bonds. The highest BCUT2D eigenvalue weighted by Crippen LogP contribution is 2.38. The van der Waals surface area contributed by atoms with Gasteiger partial charge in [-0.15, -0.1) is 11.3 Å². The number of amides is 1. The summed E-state index contributed by atoms with van der Waals surface area (Å²) in [5.74, 6) is 0.513. The molecular weight excluding hydrogens is 494 g/mol. The summed E-state index contributed by atoms with van der Waals surface area (Å²) in [6.45, 7) is 2.63. The van der Waals surface area contributed by atoms with E-state index in [1.807, 2.05) is 25.1 Å². The summed E-state index contributed by atoms with van der Waals surface area (Å²) in [5.41, 5.74) is 3.06. The lowest BCUT2D eigenvalue weighted by Gasteiger charge is -2.13. The Labute approximate surface area is 219 Å². The molecule has 0 saturated carbocycles. The van der Waals surface area contributed by atoms with Gasteiger partial charge < -0.3 is 14.8 Å². The van der Waals surface area contributed by atoms with Crippen LogP contribution in [0.3, 0.4) is 0 Å². The molecule has 0 aliphatic heterocycles. The summed E-state index contributed by atoms with van der Waals surface area (Å²) < 4.78 is 11.7. The van der Waals surface area contributed by atoms with E-state index in [0.29, 0.717) is 45.9 Å². The molecule has 6 nitrogen and oxygen atoms in total. The Kier molecular flexibility index (Phi) is 8.28. The Balaban J connectivity index is 1.52. The zero-order chi connectivity index (χ0) is 25.5. The molecule has 1 aliphatic rings. The Hall–Kier alpha value is -3.78. The van der Waals surface area contributed by atoms with Crippen molar-refractivity contribution in [3.8, 4) is 23.6 Å². The van der Waals surface area contributed by atoms with Crippen molar-refractivity contribution < 1.29 is 14.3 Å². The molecule has 8 heteroatoms. The minimum absolute atomic E-state index is 0.0671. The minimum Gasteiger partial charge on any atom is -0.490 e. The Bertz CT molecular complexity index is 1380. The van der Waals surface area contributed by atoms with Gasteiger partial charge >= 0.3 is 0 Å². The van der Waals surface area contributed by atoms with Gasteiger partial charge in [0.15, 0.2) is 11.5 Å². The van der Waals surface area contributed by atoms with E-state index in [2.05, 4.69) is 11.4 Å². The van der Waals surface area contributed by atoms with Crippen LogP contribution >= 0.6 is 22.9 Å². The maximum atomic E-state index is 12.9. The molecule has 0 saturated heterocycles. The van der Waals surface area contributed by atoms with Crippen LogP contribution in [0.5, 0.6) is 11.5 Å². The SMILES string of the molecule is CCOc1cc(/C=C(\C#N)C(=O)Nc2sc3c(c2C#N)CCCC3)ccc1OCc1ccc(Cl)cc1. The van der Waals surface area contributed by atoms with Crippen molar-refractivity contribution in [2.75, 3.05) is 11.9 Å². The molecule has 1 N–H and O–H groups in total. The van der Waals surface area contributed by atoms with Crippen LogP contribution in [0.2, 0.25) is 5.02 Å². The van der Waals surface area contributed by atoms with Gasteiger partial charge in [0.1, 0.15) is 29.3 Å². The molecule has 4 rings (SSSR count). The number of carbonyl (C=O) groups excluding carboxylic acids is 1. The third-order valence-corrected chi connectivity index (χ3v) is 7.22. The number of nitrogens with zero attached hydrogens (tertiary/aromatic N) is 2. The molecule has 0 fully saturated rings. The van der Waals surface area contributed by atoms with E-state index in [1.54, 1.807) is 30.3 Å². The van der Waals surface area contributed by atoms with E-state index in [1.165, 1.54) is 17.4 Å². The van der Waals surface area contributed by atoms with E-state index >= 15 is 0 Å². The van der Waals surface area contributed by atoms with Gasteiger partial charge in [-0.2, -0.15) is 10.5 Å². The number of nitriles is 2. The van der Waals surface area contributed by atoms with Gasteiger partial charge in [0.25, 0.3) is 5.91 Å². The standard InChI is InChI=1S/C28H24ClN3O3S/c1-2-34-25-14-19(9-12-24(25)35-17-18-7-10-21(29)11-8-18)13-20(15-30)27(33)32-28-23(16-31)22-5-3-4-6-26(22)36-28/h7-14H,2-6,17H2,1H3,(H,32,33)/b20-13+. The van der Waals surface area contributed by atoms with E-state index in [-0.39, 0.29) is 5.57 Å². The predicted molar refractivity (Wildman–Crippen MR) is 141 cm³/mol. The molecule has 0 atom stereocenters. The number of benzene rings is 2. The van der Waals surface area contributed by atoms with Crippen LogP contribution in [-0.4, -0.2) is 12.5 Å². The maximum Gasteiger partial charge on any atom is 0.266 e. The maximum absolute atomic E-state index is 12.9. The molecule has 1 heterocycles. The van der Waals surface area contributed by atoms with Crippen LogP contribution in [0, 0.1) is 22.7 Å². The first kappa shape index (κ1) is 25.3. The first-order valence-corrected chi connectivity index (χ1v) is 12.8. The van der Waals surface area contributed by atoms with Crippen molar-refractivity contribution in [3.63, 3.8) is 0 Å². The summed E-state index contributed by atoms with van der Waals surface area (Å²) in [5, 5.41) is 23.3. The zero-order valence-electron chi connectivity index (χ0n) is 19.8. The van der Waals surface area contributed by atoms with Crippen LogP contribution < -0.4 is 14.8 Å². The molecule has 1 aliphatic carbocycles. The van der Waals surface area contributed by atoms with Crippen LogP contribution in [0.1, 0.15) is 46.9 Å². The number of rotatable bonds is 8. The summed E-state index contributed by atoms with van der Waals surface area (Å²) in [4.78, 5) is 14.1. The molecule has 0 radical (unpaired) electrons. The number of anilines is 1. The highest BCUT2D eigenvalue weighted by Gasteiger charge is 2.22. The summed E-state index contributed by atoms with van der Waals surface area (Å²) in [6, 6.07) is 16.8. The van der Waals surface area contributed by atoms with Gasteiger partial charge in [-0.05, 0) is 79.6 Å². The van der Waals surface area contributed by atoms with Gasteiger partial charge in [-0.1, -0.05) is 29.8 Å². The number of aryl methyl sites for hydroxylation is 1. The van der Waals surface area contributed by atoms with Crippen LogP contribution in [0.15, 0.2) is 48.0 Å². The highest BCUT2D eigenvalue weighted by molar-refractivity contribution is 7.16. The zero-order valence-corrected chi connectivity index (χ0v) is 21.3. The lowest BCUT2D eigenvalue weighted by Crippen LogP contribution is -2.13. The second-order valence-electron chi connectivity index (χ2n) is 8.21. The quantitative estimate of drug-likeness (QED) is 0.266. The van der Waals surface area contributed by atoms with E-state index in [9.17, 15) is 15.3 Å². The molecule has 0 unspecified atom stereocenters. The van der Waals surface area contributed by atoms with Crippen LogP contribution in [-0.2, 0) is 24.2 Å². The van der Waals surface area contributed by atoms with Gasteiger partial charge in [0.2, 0.25) is 0 Å². The molecule has 36 heavy (non-hydrogen) atoms. The molecule has 0 bridgehead atoms. The number of halogens is 1. The summed E-state index contributed by atoms with van der Waals surface area (Å²) in [6.07, 6.45) is 5.38. The van der Waals surface area contributed by atoms with E-state index < -0.39 is 5.91 Å². The topological polar surface area (TPSA) is 95.1 Å². The van der Waals surface area contributed by atoms with Crippen molar-refractivity contribution in [3.05, 3.63) is 80.2 Å². The number of ether oxygens (including phenoxy) is 2. The predicted octanol–water partition coefficient (Wildman–Crippen LogP) is 6.68. The van der Waals surface area contributed by atoms with Gasteiger partial charge in [-0.3, -0.25) is 4.79 Å². The number of nitrogens with one attached hydrogen (secondary N) is 1. The van der Waals surface area contributed by atoms with Gasteiger partial charge in [0, 0.05) is 9.90 Å². The summed E-state index contributed by atoms with van der Waals surface area (Å²) >= 11 is 7.37. The number of fused-ring (bicyclic) bond motifs is 1. The average molecular weight is 518 g/mol. The second-order valence-corrected chi connectivity index (χ2v) is 9.75. The van der Waals surface area contributed by atoms with Crippen molar-refractivity contribution in [1.82, 2.24) is 0 Å². The number of hydrogen-bond donors (Lipinski definition) is 1. The van der Waals surface area contributed by atoms with Crippen LogP contribution in [0.25, 0.3) is 6.08 Å². The normalized spacial score (nSPS) is 12.7. The third-order valence-electron chi connectivity index (χ3n) is 5.76. The first-order chi connectivity index (χ1) is 17.5. The third kappa shape index (κ3) is 5.88. The van der Waals surface area contributed by atoms with E-state index in [4.69, 9.17) is 21.1 Å². The van der Waals surface area contributed by atoms with E-state index in [0.717, 1.165) is 41.7 Å². The Morgan fingerprint density at radius 2 is 1.89 bits per heavy atom.